The van der Waals surface area contributed by atoms with Crippen LogP contribution >= 0.6 is 0 Å². The third-order valence-corrected chi connectivity index (χ3v) is 6.19. The molecule has 2 bridgehead atoms. The molecule has 0 N–H and O–H groups in total. The number of ether oxygens (including phenoxy) is 1. The summed E-state index contributed by atoms with van der Waals surface area (Å²) >= 11 is 0. The Kier molecular flexibility index (Phi) is 3.20. The van der Waals surface area contributed by atoms with Gasteiger partial charge < -0.3 is 9.64 Å². The molecule has 0 spiro atoms. The van der Waals surface area contributed by atoms with Gasteiger partial charge in [0, 0.05) is 12.6 Å². The summed E-state index contributed by atoms with van der Waals surface area (Å²) in [5.74, 6) is 0.530. The molecule has 6 heteroatoms. The standard InChI is InChI=1S/C14H17NO4S/c1-2-19-13-6-4-3-5-12(13)14(16)15-8-11-7-10(15)9-20(11,17)18/h3-6,10-11H,2,7-9H2,1H3. The third-order valence-electron chi connectivity index (χ3n) is 3.99. The lowest BCUT2D eigenvalue weighted by Crippen LogP contribution is -2.44. The van der Waals surface area contributed by atoms with E-state index in [1.54, 1.807) is 23.1 Å². The number of hydrogen-bond acceptors (Lipinski definition) is 4. The summed E-state index contributed by atoms with van der Waals surface area (Å²) in [6.07, 6.45) is 0.574. The maximum Gasteiger partial charge on any atom is 0.257 e. The SMILES string of the molecule is CCOc1ccccc1C(=O)N1CC2CC1CS2(=O)=O. The molecule has 0 radical (unpaired) electrons. The highest BCUT2D eigenvalue weighted by atomic mass is 32.2. The third kappa shape index (κ3) is 2.08. The van der Waals surface area contributed by atoms with Crippen molar-refractivity contribution >= 4 is 15.7 Å². The summed E-state index contributed by atoms with van der Waals surface area (Å²) in [5.41, 5.74) is 0.513. The maximum absolute atomic E-state index is 12.6. The fourth-order valence-corrected chi connectivity index (χ4v) is 5.05. The van der Waals surface area contributed by atoms with Crippen molar-refractivity contribution in [3.8, 4) is 5.75 Å². The smallest absolute Gasteiger partial charge is 0.257 e. The van der Waals surface area contributed by atoms with Crippen LogP contribution in [-0.2, 0) is 9.84 Å². The number of rotatable bonds is 3. The number of nitrogens with zero attached hydrogens (tertiary/aromatic N) is 1. The van der Waals surface area contributed by atoms with Crippen LogP contribution in [0.3, 0.4) is 0 Å². The van der Waals surface area contributed by atoms with Crippen LogP contribution < -0.4 is 4.74 Å². The van der Waals surface area contributed by atoms with E-state index in [0.717, 1.165) is 0 Å². The van der Waals surface area contributed by atoms with Crippen molar-refractivity contribution < 1.29 is 17.9 Å². The average Bonchev–Trinajstić information content (AvgIpc) is 2.94. The van der Waals surface area contributed by atoms with Gasteiger partial charge in [0.05, 0.1) is 23.2 Å². The molecule has 108 valence electrons. The minimum absolute atomic E-state index is 0.0974. The van der Waals surface area contributed by atoms with Crippen molar-refractivity contribution in [1.82, 2.24) is 4.90 Å². The van der Waals surface area contributed by atoms with Gasteiger partial charge in [-0.2, -0.15) is 0 Å². The number of carbonyl (C=O) groups excluding carboxylic acids is 1. The fraction of sp³-hybridized carbons (Fsp3) is 0.500. The van der Waals surface area contributed by atoms with Crippen LogP contribution in [0.15, 0.2) is 24.3 Å². The van der Waals surface area contributed by atoms with Gasteiger partial charge in [-0.25, -0.2) is 8.42 Å². The van der Waals surface area contributed by atoms with E-state index < -0.39 is 9.84 Å². The molecular weight excluding hydrogens is 278 g/mol. The first-order chi connectivity index (χ1) is 9.53. The highest BCUT2D eigenvalue weighted by molar-refractivity contribution is 7.92. The summed E-state index contributed by atoms with van der Waals surface area (Å²) in [7, 11) is -2.98. The molecule has 3 rings (SSSR count). The second-order valence-corrected chi connectivity index (χ2v) is 7.55. The topological polar surface area (TPSA) is 63.7 Å². The molecule has 2 fully saturated rings. The van der Waals surface area contributed by atoms with Gasteiger partial charge in [0.1, 0.15) is 5.75 Å². The van der Waals surface area contributed by atoms with Crippen molar-refractivity contribution in [3.63, 3.8) is 0 Å². The van der Waals surface area contributed by atoms with Crippen molar-refractivity contribution in [2.24, 2.45) is 0 Å². The molecule has 2 atom stereocenters. The predicted molar refractivity (Wildman–Crippen MR) is 74.6 cm³/mol. The molecule has 2 unspecified atom stereocenters. The molecule has 0 aromatic heterocycles. The van der Waals surface area contributed by atoms with E-state index in [4.69, 9.17) is 4.74 Å². The quantitative estimate of drug-likeness (QED) is 0.837. The van der Waals surface area contributed by atoms with E-state index >= 15 is 0 Å². The van der Waals surface area contributed by atoms with Crippen molar-refractivity contribution in [3.05, 3.63) is 29.8 Å². The van der Waals surface area contributed by atoms with Gasteiger partial charge in [-0.05, 0) is 25.5 Å². The fourth-order valence-electron chi connectivity index (χ4n) is 3.02. The lowest BCUT2D eigenvalue weighted by atomic mass is 10.1. The van der Waals surface area contributed by atoms with Gasteiger partial charge in [0.25, 0.3) is 5.91 Å². The van der Waals surface area contributed by atoms with Crippen LogP contribution in [0, 0.1) is 0 Å². The number of para-hydroxylation sites is 1. The van der Waals surface area contributed by atoms with Crippen LogP contribution in [0.5, 0.6) is 5.75 Å². The molecule has 1 aromatic carbocycles. The number of likely N-dealkylation sites (tertiary alicyclic amines) is 1. The Morgan fingerprint density at radius 3 is 2.75 bits per heavy atom. The van der Waals surface area contributed by atoms with Gasteiger partial charge >= 0.3 is 0 Å². The summed E-state index contributed by atoms with van der Waals surface area (Å²) < 4.78 is 28.9. The number of sulfone groups is 1. The van der Waals surface area contributed by atoms with Gasteiger partial charge in [-0.3, -0.25) is 4.79 Å². The molecule has 2 saturated heterocycles. The Morgan fingerprint density at radius 2 is 2.15 bits per heavy atom. The number of hydrogen-bond donors (Lipinski definition) is 0. The summed E-state index contributed by atoms with van der Waals surface area (Å²) in [5, 5.41) is -0.379. The zero-order valence-corrected chi connectivity index (χ0v) is 12.1. The minimum atomic E-state index is -2.98. The molecule has 1 amide bonds. The zero-order chi connectivity index (χ0) is 14.3. The Balaban J connectivity index is 1.85. The van der Waals surface area contributed by atoms with Crippen LogP contribution in [-0.4, -0.2) is 49.4 Å². The monoisotopic (exact) mass is 295 g/mol. The van der Waals surface area contributed by atoms with E-state index in [1.807, 2.05) is 13.0 Å². The van der Waals surface area contributed by atoms with E-state index in [1.165, 1.54) is 0 Å². The summed E-state index contributed by atoms with van der Waals surface area (Å²) in [6, 6.07) is 6.94. The van der Waals surface area contributed by atoms with Crippen LogP contribution in [0.25, 0.3) is 0 Å². The van der Waals surface area contributed by atoms with Gasteiger partial charge in [-0.15, -0.1) is 0 Å². The first-order valence-corrected chi connectivity index (χ1v) is 8.49. The summed E-state index contributed by atoms with van der Waals surface area (Å²) in [4.78, 5) is 14.3. The number of fused-ring (bicyclic) bond motifs is 2. The Labute approximate surface area is 118 Å². The normalized spacial score (nSPS) is 26.8. The molecule has 2 aliphatic rings. The molecule has 5 nitrogen and oxygen atoms in total. The Bertz CT molecular complexity index is 640. The Hall–Kier alpha value is -1.56. The predicted octanol–water partition coefficient (Wildman–Crippen LogP) is 1.10. The van der Waals surface area contributed by atoms with E-state index in [-0.39, 0.29) is 23.0 Å². The highest BCUT2D eigenvalue weighted by Gasteiger charge is 2.50. The second kappa shape index (κ2) is 4.77. The maximum atomic E-state index is 12.6. The van der Waals surface area contributed by atoms with Crippen LogP contribution in [0.4, 0.5) is 0 Å². The van der Waals surface area contributed by atoms with E-state index in [0.29, 0.717) is 30.9 Å². The zero-order valence-electron chi connectivity index (χ0n) is 11.3. The van der Waals surface area contributed by atoms with Crippen molar-refractivity contribution in [1.29, 1.82) is 0 Å². The number of amides is 1. The Morgan fingerprint density at radius 1 is 1.40 bits per heavy atom. The summed E-state index contributed by atoms with van der Waals surface area (Å²) in [6.45, 7) is 2.67. The van der Waals surface area contributed by atoms with E-state index in [2.05, 4.69) is 0 Å². The number of benzene rings is 1. The van der Waals surface area contributed by atoms with Gasteiger partial charge in [0.15, 0.2) is 9.84 Å². The molecule has 20 heavy (non-hydrogen) atoms. The van der Waals surface area contributed by atoms with Crippen LogP contribution in [0.2, 0.25) is 0 Å². The first-order valence-electron chi connectivity index (χ1n) is 6.77. The lowest BCUT2D eigenvalue weighted by Gasteiger charge is -2.27. The minimum Gasteiger partial charge on any atom is -0.493 e. The van der Waals surface area contributed by atoms with Gasteiger partial charge in [0.2, 0.25) is 0 Å². The van der Waals surface area contributed by atoms with Crippen molar-refractivity contribution in [2.75, 3.05) is 18.9 Å². The highest BCUT2D eigenvalue weighted by Crippen LogP contribution is 2.34. The molecule has 1 aromatic rings. The van der Waals surface area contributed by atoms with Crippen LogP contribution in [0.1, 0.15) is 23.7 Å². The number of carbonyl (C=O) groups is 1. The van der Waals surface area contributed by atoms with Gasteiger partial charge in [-0.1, -0.05) is 12.1 Å². The molecule has 0 aliphatic carbocycles. The van der Waals surface area contributed by atoms with E-state index in [9.17, 15) is 13.2 Å². The molecule has 2 heterocycles. The average molecular weight is 295 g/mol. The van der Waals surface area contributed by atoms with Crippen molar-refractivity contribution in [2.45, 2.75) is 24.6 Å². The molecule has 2 aliphatic heterocycles. The second-order valence-electron chi connectivity index (χ2n) is 5.23. The molecule has 0 saturated carbocycles. The molecular formula is C14H17NO4S. The lowest BCUT2D eigenvalue weighted by molar-refractivity contribution is 0.0741. The largest absolute Gasteiger partial charge is 0.493 e. The first kappa shape index (κ1) is 13.4.